The number of hydrogen-bond acceptors (Lipinski definition) is 3. The Balaban J connectivity index is 1.96. The van der Waals surface area contributed by atoms with Gasteiger partial charge in [-0.15, -0.1) is 11.3 Å². The predicted molar refractivity (Wildman–Crippen MR) is 78.4 cm³/mol. The standard InChI is InChI=1S/C14H13BrN2S/c1-10(12-3-2-4-13(15)6-12)17-8-14-5-11(7-16)9-18-14/h2-6,9-10,17H,8H2,1H3. The molecule has 0 aliphatic carbocycles. The van der Waals surface area contributed by atoms with Gasteiger partial charge < -0.3 is 5.32 Å². The zero-order valence-corrected chi connectivity index (χ0v) is 12.4. The molecule has 18 heavy (non-hydrogen) atoms. The van der Waals surface area contributed by atoms with Gasteiger partial charge in [0.25, 0.3) is 0 Å². The summed E-state index contributed by atoms with van der Waals surface area (Å²) in [6.07, 6.45) is 0. The summed E-state index contributed by atoms with van der Waals surface area (Å²) in [5.41, 5.74) is 1.99. The van der Waals surface area contributed by atoms with Gasteiger partial charge in [0.2, 0.25) is 0 Å². The number of benzene rings is 1. The summed E-state index contributed by atoms with van der Waals surface area (Å²) in [5.74, 6) is 0. The molecule has 0 saturated carbocycles. The minimum atomic E-state index is 0.287. The number of nitriles is 1. The first-order valence-electron chi connectivity index (χ1n) is 5.65. The van der Waals surface area contributed by atoms with Crippen molar-refractivity contribution >= 4 is 27.3 Å². The highest BCUT2D eigenvalue weighted by molar-refractivity contribution is 9.10. The topological polar surface area (TPSA) is 35.8 Å². The van der Waals surface area contributed by atoms with Gasteiger partial charge in [-0.1, -0.05) is 28.1 Å². The van der Waals surface area contributed by atoms with E-state index in [2.05, 4.69) is 46.4 Å². The summed E-state index contributed by atoms with van der Waals surface area (Å²) in [4.78, 5) is 1.19. The van der Waals surface area contributed by atoms with Crippen molar-refractivity contribution in [2.24, 2.45) is 0 Å². The SMILES string of the molecule is CC(NCc1cc(C#N)cs1)c1cccc(Br)c1. The van der Waals surface area contributed by atoms with Gasteiger partial charge in [0.05, 0.1) is 5.56 Å². The summed E-state index contributed by atoms with van der Waals surface area (Å²) in [6.45, 7) is 2.93. The molecule has 4 heteroatoms. The van der Waals surface area contributed by atoms with Crippen LogP contribution in [0.5, 0.6) is 0 Å². The fourth-order valence-corrected chi connectivity index (χ4v) is 2.86. The van der Waals surface area contributed by atoms with E-state index in [1.54, 1.807) is 11.3 Å². The fourth-order valence-electron chi connectivity index (χ4n) is 1.68. The molecular weight excluding hydrogens is 308 g/mol. The quantitative estimate of drug-likeness (QED) is 0.914. The average molecular weight is 321 g/mol. The Kier molecular flexibility index (Phi) is 4.54. The van der Waals surface area contributed by atoms with Crippen LogP contribution in [0.3, 0.4) is 0 Å². The van der Waals surface area contributed by atoms with Crippen LogP contribution in [0.15, 0.2) is 40.2 Å². The minimum absolute atomic E-state index is 0.287. The maximum absolute atomic E-state index is 8.77. The maximum Gasteiger partial charge on any atom is 0.100 e. The molecule has 1 heterocycles. The van der Waals surface area contributed by atoms with Crippen LogP contribution in [0, 0.1) is 11.3 Å². The molecule has 1 aromatic carbocycles. The molecule has 0 saturated heterocycles. The smallest absolute Gasteiger partial charge is 0.100 e. The van der Waals surface area contributed by atoms with E-state index in [-0.39, 0.29) is 6.04 Å². The van der Waals surface area contributed by atoms with Crippen molar-refractivity contribution in [2.45, 2.75) is 19.5 Å². The maximum atomic E-state index is 8.77. The minimum Gasteiger partial charge on any atom is -0.305 e. The molecule has 2 aromatic rings. The zero-order valence-electron chi connectivity index (χ0n) is 9.98. The van der Waals surface area contributed by atoms with E-state index in [0.29, 0.717) is 0 Å². The Morgan fingerprint density at radius 1 is 1.44 bits per heavy atom. The van der Waals surface area contributed by atoms with Crippen molar-refractivity contribution in [3.05, 3.63) is 56.2 Å². The lowest BCUT2D eigenvalue weighted by Gasteiger charge is -2.13. The molecule has 1 aromatic heterocycles. The lowest BCUT2D eigenvalue weighted by atomic mass is 10.1. The first kappa shape index (κ1) is 13.3. The summed E-state index contributed by atoms with van der Waals surface area (Å²) in [6, 6.07) is 12.7. The van der Waals surface area contributed by atoms with Crippen molar-refractivity contribution in [1.82, 2.24) is 5.32 Å². The first-order valence-corrected chi connectivity index (χ1v) is 7.32. The lowest BCUT2D eigenvalue weighted by Crippen LogP contribution is -2.17. The molecule has 0 amide bonds. The number of nitrogens with zero attached hydrogens (tertiary/aromatic N) is 1. The van der Waals surface area contributed by atoms with Gasteiger partial charge in [0.1, 0.15) is 6.07 Å². The third-order valence-corrected chi connectivity index (χ3v) is 4.14. The second-order valence-electron chi connectivity index (χ2n) is 4.07. The molecule has 0 aliphatic rings. The Morgan fingerprint density at radius 2 is 2.28 bits per heavy atom. The fraction of sp³-hybridized carbons (Fsp3) is 0.214. The molecule has 2 nitrogen and oxygen atoms in total. The Morgan fingerprint density at radius 3 is 2.94 bits per heavy atom. The molecule has 0 bridgehead atoms. The third kappa shape index (κ3) is 3.42. The monoisotopic (exact) mass is 320 g/mol. The van der Waals surface area contributed by atoms with E-state index >= 15 is 0 Å². The summed E-state index contributed by atoms with van der Waals surface area (Å²) < 4.78 is 1.09. The molecular formula is C14H13BrN2S. The van der Waals surface area contributed by atoms with E-state index in [1.807, 2.05) is 23.6 Å². The Labute approximate surface area is 119 Å². The summed E-state index contributed by atoms with van der Waals surface area (Å²) in [5, 5.41) is 14.1. The van der Waals surface area contributed by atoms with Crippen LogP contribution in [0.2, 0.25) is 0 Å². The van der Waals surface area contributed by atoms with Gasteiger partial charge in [-0.3, -0.25) is 0 Å². The Hall–Kier alpha value is -1.15. The van der Waals surface area contributed by atoms with Crippen molar-refractivity contribution < 1.29 is 0 Å². The number of halogens is 1. The lowest BCUT2D eigenvalue weighted by molar-refractivity contribution is 0.578. The van der Waals surface area contributed by atoms with Gasteiger partial charge in [-0.05, 0) is 30.7 Å². The highest BCUT2D eigenvalue weighted by atomic mass is 79.9. The average Bonchev–Trinajstić information content (AvgIpc) is 2.84. The number of hydrogen-bond donors (Lipinski definition) is 1. The largest absolute Gasteiger partial charge is 0.305 e. The van der Waals surface area contributed by atoms with E-state index in [4.69, 9.17) is 5.26 Å². The van der Waals surface area contributed by atoms with Gasteiger partial charge in [0, 0.05) is 27.3 Å². The van der Waals surface area contributed by atoms with Crippen LogP contribution >= 0.6 is 27.3 Å². The van der Waals surface area contributed by atoms with E-state index in [9.17, 15) is 0 Å². The number of thiophene rings is 1. The van der Waals surface area contributed by atoms with Crippen LogP contribution < -0.4 is 5.32 Å². The van der Waals surface area contributed by atoms with E-state index < -0.39 is 0 Å². The highest BCUT2D eigenvalue weighted by Gasteiger charge is 2.06. The van der Waals surface area contributed by atoms with Crippen LogP contribution in [-0.2, 0) is 6.54 Å². The first-order chi connectivity index (χ1) is 8.69. The van der Waals surface area contributed by atoms with Crippen LogP contribution in [0.25, 0.3) is 0 Å². The molecule has 1 atom stereocenters. The molecule has 0 aliphatic heterocycles. The van der Waals surface area contributed by atoms with Crippen molar-refractivity contribution in [3.8, 4) is 6.07 Å². The second kappa shape index (κ2) is 6.14. The van der Waals surface area contributed by atoms with Gasteiger partial charge in [-0.2, -0.15) is 5.26 Å². The van der Waals surface area contributed by atoms with E-state index in [1.165, 1.54) is 10.4 Å². The van der Waals surface area contributed by atoms with Gasteiger partial charge in [-0.25, -0.2) is 0 Å². The van der Waals surface area contributed by atoms with Crippen LogP contribution in [0.4, 0.5) is 0 Å². The molecule has 1 unspecified atom stereocenters. The predicted octanol–water partition coefficient (Wildman–Crippen LogP) is 4.23. The summed E-state index contributed by atoms with van der Waals surface area (Å²) in [7, 11) is 0. The summed E-state index contributed by atoms with van der Waals surface area (Å²) >= 11 is 5.10. The van der Waals surface area contributed by atoms with Crippen molar-refractivity contribution in [2.75, 3.05) is 0 Å². The highest BCUT2D eigenvalue weighted by Crippen LogP contribution is 2.19. The molecule has 1 N–H and O–H groups in total. The molecule has 92 valence electrons. The Bertz CT molecular complexity index is 571. The van der Waals surface area contributed by atoms with E-state index in [0.717, 1.165) is 16.6 Å². The number of rotatable bonds is 4. The zero-order chi connectivity index (χ0) is 13.0. The molecule has 0 spiro atoms. The normalized spacial score (nSPS) is 12.1. The molecule has 0 fully saturated rings. The molecule has 0 radical (unpaired) electrons. The second-order valence-corrected chi connectivity index (χ2v) is 5.98. The van der Waals surface area contributed by atoms with Gasteiger partial charge in [0.15, 0.2) is 0 Å². The molecule has 2 rings (SSSR count). The van der Waals surface area contributed by atoms with Crippen molar-refractivity contribution in [3.63, 3.8) is 0 Å². The van der Waals surface area contributed by atoms with Crippen molar-refractivity contribution in [1.29, 1.82) is 5.26 Å². The van der Waals surface area contributed by atoms with Gasteiger partial charge >= 0.3 is 0 Å². The van der Waals surface area contributed by atoms with Crippen LogP contribution in [-0.4, -0.2) is 0 Å². The third-order valence-electron chi connectivity index (χ3n) is 2.71. The number of nitrogens with one attached hydrogen (secondary N) is 1. The van der Waals surface area contributed by atoms with Crippen LogP contribution in [0.1, 0.15) is 29.0 Å².